The van der Waals surface area contributed by atoms with Crippen LogP contribution in [0.2, 0.25) is 0 Å². The molecule has 0 unspecified atom stereocenters. The van der Waals surface area contributed by atoms with Gasteiger partial charge in [0, 0.05) is 26.5 Å². The van der Waals surface area contributed by atoms with Gasteiger partial charge in [-0.25, -0.2) is 0 Å². The van der Waals surface area contributed by atoms with Crippen LogP contribution in [-0.4, -0.2) is 0 Å². The molecule has 60 heavy (non-hydrogen) atoms. The van der Waals surface area contributed by atoms with Gasteiger partial charge in [-0.3, -0.25) is 0 Å². The van der Waals surface area contributed by atoms with Crippen molar-refractivity contribution >= 4 is 91.7 Å². The molecule has 0 amide bonds. The lowest BCUT2D eigenvalue weighted by molar-refractivity contribution is 1.32. The first-order chi connectivity index (χ1) is 29.8. The van der Waals surface area contributed by atoms with Crippen LogP contribution in [0.15, 0.2) is 224 Å². The zero-order chi connectivity index (χ0) is 39.6. The van der Waals surface area contributed by atoms with E-state index in [0.29, 0.717) is 0 Å². The average Bonchev–Trinajstić information content (AvgIpc) is 3.72. The lowest BCUT2D eigenvalue weighted by atomic mass is 9.91. The van der Waals surface area contributed by atoms with Gasteiger partial charge in [0.15, 0.2) is 0 Å². The lowest BCUT2D eigenvalue weighted by Gasteiger charge is -2.28. The van der Waals surface area contributed by atoms with E-state index < -0.39 is 0 Å². The smallest absolute Gasteiger partial charge is 0.0640 e. The SMILES string of the molecule is c1ccc(-c2cccc3cccc(-c4ccc(N(c5ccc(-c6cccc7ccccc67)c6ccccc56)c5cccc6c5sc5c7ccccc7ccc65)cc4)c23)cc1. The van der Waals surface area contributed by atoms with Crippen molar-refractivity contribution in [3.63, 3.8) is 0 Å². The molecule has 0 spiro atoms. The van der Waals surface area contributed by atoms with Gasteiger partial charge in [0.05, 0.1) is 16.1 Å². The molecule has 2 heteroatoms. The third kappa shape index (κ3) is 5.53. The minimum absolute atomic E-state index is 1.11. The highest BCUT2D eigenvalue weighted by Gasteiger charge is 2.22. The molecule has 1 aromatic heterocycles. The molecular weight excluding hydrogens is 743 g/mol. The summed E-state index contributed by atoms with van der Waals surface area (Å²) < 4.78 is 2.60. The van der Waals surface area contributed by atoms with Crippen LogP contribution in [0.1, 0.15) is 0 Å². The molecule has 0 aliphatic heterocycles. The van der Waals surface area contributed by atoms with Crippen LogP contribution in [0.4, 0.5) is 17.1 Å². The highest BCUT2D eigenvalue weighted by molar-refractivity contribution is 7.27. The van der Waals surface area contributed by atoms with Crippen molar-refractivity contribution in [2.75, 3.05) is 4.90 Å². The highest BCUT2D eigenvalue weighted by atomic mass is 32.1. The summed E-state index contributed by atoms with van der Waals surface area (Å²) in [6, 6.07) is 82.4. The van der Waals surface area contributed by atoms with Crippen LogP contribution in [0, 0.1) is 0 Å². The summed E-state index contributed by atoms with van der Waals surface area (Å²) in [5.41, 5.74) is 10.8. The maximum atomic E-state index is 2.50. The molecule has 0 N–H and O–H groups in total. The summed E-state index contributed by atoms with van der Waals surface area (Å²) >= 11 is 1.90. The fraction of sp³-hybridized carbons (Fsp3) is 0. The average molecular weight is 780 g/mol. The number of hydrogen-bond acceptors (Lipinski definition) is 2. The zero-order valence-corrected chi connectivity index (χ0v) is 33.5. The standard InChI is InChI=1S/C58H37NS/c1-2-14-39(15-3-1)45-25-11-19-42-20-12-26-46(56(42)45)41-30-33-43(34-31-41)59(55-29-13-28-52-53-35-32-40-17-5-7-22-47(40)57(53)60-58(52)55)54-37-36-50(49-23-8-9-24-51(49)54)48-27-10-18-38-16-4-6-21-44(38)48/h1-37H. The van der Waals surface area contributed by atoms with Crippen LogP contribution in [0.5, 0.6) is 0 Å². The number of nitrogens with zero attached hydrogens (tertiary/aromatic N) is 1. The highest BCUT2D eigenvalue weighted by Crippen LogP contribution is 2.49. The molecule has 280 valence electrons. The summed E-state index contributed by atoms with van der Waals surface area (Å²) in [6.07, 6.45) is 0. The molecule has 0 radical (unpaired) electrons. The number of rotatable bonds is 6. The van der Waals surface area contributed by atoms with Gasteiger partial charge in [-0.15, -0.1) is 11.3 Å². The summed E-state index contributed by atoms with van der Waals surface area (Å²) in [5, 5.41) is 12.6. The number of hydrogen-bond donors (Lipinski definition) is 0. The zero-order valence-electron chi connectivity index (χ0n) is 32.7. The second-order valence-corrected chi connectivity index (χ2v) is 16.6. The maximum Gasteiger partial charge on any atom is 0.0640 e. The summed E-state index contributed by atoms with van der Waals surface area (Å²) in [7, 11) is 0. The van der Waals surface area contributed by atoms with E-state index in [2.05, 4.69) is 229 Å². The van der Waals surface area contributed by atoms with Gasteiger partial charge < -0.3 is 4.90 Å². The third-order valence-corrected chi connectivity index (χ3v) is 13.5. The Morgan fingerprint density at radius 1 is 0.267 bits per heavy atom. The van der Waals surface area contributed by atoms with E-state index in [1.807, 2.05) is 11.3 Å². The Balaban J connectivity index is 1.09. The fourth-order valence-electron chi connectivity index (χ4n) is 9.50. The van der Waals surface area contributed by atoms with E-state index in [1.165, 1.54) is 102 Å². The van der Waals surface area contributed by atoms with Crippen molar-refractivity contribution in [1.29, 1.82) is 0 Å². The molecule has 0 fully saturated rings. The van der Waals surface area contributed by atoms with Gasteiger partial charge in [0.1, 0.15) is 0 Å². The Bertz CT molecular complexity index is 3590. The molecule has 1 heterocycles. The molecule has 0 aliphatic rings. The van der Waals surface area contributed by atoms with E-state index in [0.717, 1.165) is 11.4 Å². The van der Waals surface area contributed by atoms with Gasteiger partial charge in [-0.05, 0) is 95.3 Å². The normalized spacial score (nSPS) is 11.7. The molecule has 0 atom stereocenters. The summed E-state index contributed by atoms with van der Waals surface area (Å²) in [4.78, 5) is 2.50. The van der Waals surface area contributed by atoms with Gasteiger partial charge in [-0.2, -0.15) is 0 Å². The van der Waals surface area contributed by atoms with Crippen molar-refractivity contribution in [1.82, 2.24) is 0 Å². The van der Waals surface area contributed by atoms with Crippen molar-refractivity contribution < 1.29 is 0 Å². The van der Waals surface area contributed by atoms with Gasteiger partial charge in [0.25, 0.3) is 0 Å². The Kier molecular flexibility index (Phi) is 8.11. The van der Waals surface area contributed by atoms with Gasteiger partial charge in [-0.1, -0.05) is 200 Å². The van der Waals surface area contributed by atoms with Crippen LogP contribution >= 0.6 is 11.3 Å². The maximum absolute atomic E-state index is 2.50. The topological polar surface area (TPSA) is 3.24 Å². The van der Waals surface area contributed by atoms with E-state index >= 15 is 0 Å². The molecule has 11 aromatic carbocycles. The first-order valence-corrected chi connectivity index (χ1v) is 21.4. The second-order valence-electron chi connectivity index (χ2n) is 15.6. The quantitative estimate of drug-likeness (QED) is 0.162. The number of anilines is 3. The van der Waals surface area contributed by atoms with Crippen LogP contribution in [0.3, 0.4) is 0 Å². The fourth-order valence-corrected chi connectivity index (χ4v) is 10.8. The molecule has 0 saturated heterocycles. The van der Waals surface area contributed by atoms with Crippen LogP contribution in [0.25, 0.3) is 96.6 Å². The van der Waals surface area contributed by atoms with Crippen LogP contribution in [-0.2, 0) is 0 Å². The van der Waals surface area contributed by atoms with E-state index in [4.69, 9.17) is 0 Å². The Labute approximate surface area is 352 Å². The minimum atomic E-state index is 1.11. The lowest BCUT2D eigenvalue weighted by Crippen LogP contribution is -2.11. The van der Waals surface area contributed by atoms with Crippen LogP contribution < -0.4 is 4.90 Å². The predicted molar refractivity (Wildman–Crippen MR) is 260 cm³/mol. The predicted octanol–water partition coefficient (Wildman–Crippen LogP) is 17.1. The van der Waals surface area contributed by atoms with Crippen molar-refractivity contribution in [2.45, 2.75) is 0 Å². The Hall–Kier alpha value is -7.52. The van der Waals surface area contributed by atoms with Crippen molar-refractivity contribution in [3.8, 4) is 33.4 Å². The van der Waals surface area contributed by atoms with E-state index in [9.17, 15) is 0 Å². The molecule has 0 bridgehead atoms. The minimum Gasteiger partial charge on any atom is -0.308 e. The second kappa shape index (κ2) is 14.1. The summed E-state index contributed by atoms with van der Waals surface area (Å²) in [5.74, 6) is 0. The van der Waals surface area contributed by atoms with E-state index in [-0.39, 0.29) is 0 Å². The summed E-state index contributed by atoms with van der Waals surface area (Å²) in [6.45, 7) is 0. The van der Waals surface area contributed by atoms with Gasteiger partial charge >= 0.3 is 0 Å². The van der Waals surface area contributed by atoms with Gasteiger partial charge in [0.2, 0.25) is 0 Å². The number of thiophene rings is 1. The number of fused-ring (bicyclic) bond motifs is 8. The molecule has 1 nitrogen and oxygen atoms in total. The first-order valence-electron chi connectivity index (χ1n) is 20.6. The molecule has 12 aromatic rings. The monoisotopic (exact) mass is 779 g/mol. The first kappa shape index (κ1) is 34.5. The van der Waals surface area contributed by atoms with Crippen molar-refractivity contribution in [3.05, 3.63) is 224 Å². The number of benzene rings is 11. The van der Waals surface area contributed by atoms with E-state index in [1.54, 1.807) is 0 Å². The molecule has 12 rings (SSSR count). The molecule has 0 aliphatic carbocycles. The Morgan fingerprint density at radius 3 is 1.57 bits per heavy atom. The Morgan fingerprint density at radius 2 is 0.800 bits per heavy atom. The molecular formula is C58H37NS. The third-order valence-electron chi connectivity index (χ3n) is 12.3. The largest absolute Gasteiger partial charge is 0.308 e. The van der Waals surface area contributed by atoms with Crippen molar-refractivity contribution in [2.24, 2.45) is 0 Å². The molecule has 0 saturated carbocycles.